The van der Waals surface area contributed by atoms with Gasteiger partial charge >= 0.3 is 19.8 Å². The van der Waals surface area contributed by atoms with Gasteiger partial charge in [-0.15, -0.1) is 0 Å². The first-order valence-corrected chi connectivity index (χ1v) is 22.9. The van der Waals surface area contributed by atoms with Crippen LogP contribution in [0, 0.1) is 0 Å². The van der Waals surface area contributed by atoms with E-state index in [1.165, 1.54) is 70.6 Å². The van der Waals surface area contributed by atoms with Crippen LogP contribution in [0.15, 0.2) is 72.9 Å². The van der Waals surface area contributed by atoms with Gasteiger partial charge in [-0.25, -0.2) is 4.57 Å². The number of hydrogen-bond acceptors (Lipinski definition) is 8. The standard InChI is InChI=1S/C45H78NO8P/c1-3-5-7-9-11-13-15-17-19-21-23-25-27-29-31-33-35-37-44(47)51-41-43(42-53-55(49,50)52-40-39-46)54-45(48)38-36-34-32-30-28-26-24-22-20-18-16-14-12-10-8-6-4-2/h5,7,11,13-14,16-17,19,23,25,29,31,43H,3-4,6,8-10,12,15,18,20-22,24,26-28,30,32-42,46H2,1-2H3,(H,49,50)/b7-5+,13-11+,16-14+,19-17+,25-23+,31-29+/t43-/m1/s1. The molecule has 0 bridgehead atoms. The van der Waals surface area contributed by atoms with E-state index in [2.05, 4.69) is 80.7 Å². The van der Waals surface area contributed by atoms with Crippen molar-refractivity contribution in [1.82, 2.24) is 0 Å². The fourth-order valence-corrected chi connectivity index (χ4v) is 6.19. The number of phosphoric acid groups is 1. The molecule has 0 aromatic rings. The van der Waals surface area contributed by atoms with Gasteiger partial charge in [-0.05, 0) is 77.0 Å². The van der Waals surface area contributed by atoms with Gasteiger partial charge in [-0.2, -0.15) is 0 Å². The Hall–Kier alpha value is -2.55. The Morgan fingerprint density at radius 3 is 1.56 bits per heavy atom. The van der Waals surface area contributed by atoms with Crippen molar-refractivity contribution in [3.63, 3.8) is 0 Å². The Balaban J connectivity index is 4.26. The second kappa shape index (κ2) is 41.1. The normalized spacial score (nSPS) is 14.0. The Morgan fingerprint density at radius 2 is 1.02 bits per heavy atom. The van der Waals surface area contributed by atoms with Crippen molar-refractivity contribution in [2.75, 3.05) is 26.4 Å². The highest BCUT2D eigenvalue weighted by atomic mass is 31.2. The molecule has 0 heterocycles. The molecule has 0 rings (SSSR count). The summed E-state index contributed by atoms with van der Waals surface area (Å²) < 4.78 is 32.7. The summed E-state index contributed by atoms with van der Waals surface area (Å²) in [6, 6.07) is 0. The van der Waals surface area contributed by atoms with E-state index >= 15 is 0 Å². The number of allylic oxidation sites excluding steroid dienone is 12. The molecule has 0 saturated carbocycles. The number of carbonyl (C=O) groups is 2. The third-order valence-corrected chi connectivity index (χ3v) is 9.56. The predicted octanol–water partition coefficient (Wildman–Crippen LogP) is 12.3. The van der Waals surface area contributed by atoms with Crippen LogP contribution in [-0.2, 0) is 32.7 Å². The molecule has 0 amide bonds. The van der Waals surface area contributed by atoms with Crippen molar-refractivity contribution < 1.29 is 37.6 Å². The zero-order chi connectivity index (χ0) is 40.3. The molecule has 2 atom stereocenters. The van der Waals surface area contributed by atoms with Gasteiger partial charge < -0.3 is 20.1 Å². The van der Waals surface area contributed by atoms with Crippen LogP contribution < -0.4 is 5.73 Å². The van der Waals surface area contributed by atoms with Gasteiger partial charge in [0.15, 0.2) is 6.10 Å². The highest BCUT2D eigenvalue weighted by Crippen LogP contribution is 2.43. The fourth-order valence-electron chi connectivity index (χ4n) is 5.43. The average molecular weight is 792 g/mol. The van der Waals surface area contributed by atoms with Gasteiger partial charge in [0.25, 0.3) is 0 Å². The summed E-state index contributed by atoms with van der Waals surface area (Å²) in [6.07, 6.45) is 49.4. The molecule has 0 fully saturated rings. The van der Waals surface area contributed by atoms with Crippen molar-refractivity contribution in [3.05, 3.63) is 72.9 Å². The highest BCUT2D eigenvalue weighted by Gasteiger charge is 2.25. The molecule has 316 valence electrons. The number of ether oxygens (including phenoxy) is 2. The molecule has 10 heteroatoms. The van der Waals surface area contributed by atoms with Gasteiger partial charge in [-0.1, -0.05) is 151 Å². The van der Waals surface area contributed by atoms with E-state index in [9.17, 15) is 19.0 Å². The first-order valence-electron chi connectivity index (χ1n) is 21.4. The van der Waals surface area contributed by atoms with E-state index in [1.54, 1.807) is 0 Å². The lowest BCUT2D eigenvalue weighted by Gasteiger charge is -2.19. The summed E-state index contributed by atoms with van der Waals surface area (Å²) >= 11 is 0. The summed E-state index contributed by atoms with van der Waals surface area (Å²) in [6.45, 7) is 3.53. The molecule has 0 aliphatic carbocycles. The minimum atomic E-state index is -4.39. The maximum Gasteiger partial charge on any atom is 0.472 e. The van der Waals surface area contributed by atoms with E-state index in [-0.39, 0.29) is 32.6 Å². The molecule has 9 nitrogen and oxygen atoms in total. The molecular formula is C45H78NO8P. The first-order chi connectivity index (χ1) is 26.8. The second-order valence-corrected chi connectivity index (χ2v) is 15.3. The quantitative estimate of drug-likeness (QED) is 0.0270. The van der Waals surface area contributed by atoms with Crippen molar-refractivity contribution in [2.45, 2.75) is 174 Å². The number of carbonyl (C=O) groups excluding carboxylic acids is 2. The summed E-state index contributed by atoms with van der Waals surface area (Å²) in [4.78, 5) is 34.8. The number of rotatable bonds is 39. The average Bonchev–Trinajstić information content (AvgIpc) is 3.17. The minimum Gasteiger partial charge on any atom is -0.462 e. The molecule has 55 heavy (non-hydrogen) atoms. The van der Waals surface area contributed by atoms with E-state index in [0.29, 0.717) is 12.8 Å². The van der Waals surface area contributed by atoms with Crippen LogP contribution in [0.4, 0.5) is 0 Å². The van der Waals surface area contributed by atoms with E-state index in [4.69, 9.17) is 24.3 Å². The molecule has 1 unspecified atom stereocenters. The molecule has 0 radical (unpaired) electrons. The first kappa shape index (κ1) is 52.5. The van der Waals surface area contributed by atoms with Crippen molar-refractivity contribution >= 4 is 19.8 Å². The summed E-state index contributed by atoms with van der Waals surface area (Å²) in [5.41, 5.74) is 5.34. The van der Waals surface area contributed by atoms with Crippen LogP contribution in [0.1, 0.15) is 168 Å². The molecule has 0 aromatic carbocycles. The van der Waals surface area contributed by atoms with Crippen molar-refractivity contribution in [3.8, 4) is 0 Å². The van der Waals surface area contributed by atoms with Crippen LogP contribution in [0.25, 0.3) is 0 Å². The minimum absolute atomic E-state index is 0.0424. The lowest BCUT2D eigenvalue weighted by molar-refractivity contribution is -0.161. The summed E-state index contributed by atoms with van der Waals surface area (Å²) in [5.74, 6) is -0.904. The van der Waals surface area contributed by atoms with Crippen LogP contribution in [0.2, 0.25) is 0 Å². The van der Waals surface area contributed by atoms with E-state index < -0.39 is 32.5 Å². The molecule has 0 saturated heterocycles. The highest BCUT2D eigenvalue weighted by molar-refractivity contribution is 7.47. The van der Waals surface area contributed by atoms with E-state index in [1.807, 2.05) is 6.08 Å². The van der Waals surface area contributed by atoms with Gasteiger partial charge in [-0.3, -0.25) is 18.6 Å². The molecule has 0 aliphatic rings. The zero-order valence-corrected chi connectivity index (χ0v) is 35.5. The fraction of sp³-hybridized carbons (Fsp3) is 0.689. The molecule has 0 aromatic heterocycles. The molecule has 0 spiro atoms. The monoisotopic (exact) mass is 792 g/mol. The van der Waals surface area contributed by atoms with Crippen LogP contribution in [0.3, 0.4) is 0 Å². The zero-order valence-electron chi connectivity index (χ0n) is 34.6. The third kappa shape index (κ3) is 40.9. The number of unbranched alkanes of at least 4 members (excludes halogenated alkanes) is 14. The van der Waals surface area contributed by atoms with Gasteiger partial charge in [0, 0.05) is 19.4 Å². The lowest BCUT2D eigenvalue weighted by atomic mass is 10.1. The maximum atomic E-state index is 12.6. The van der Waals surface area contributed by atoms with Crippen LogP contribution in [0.5, 0.6) is 0 Å². The van der Waals surface area contributed by atoms with Crippen LogP contribution in [-0.4, -0.2) is 49.3 Å². The Labute approximate surface area is 335 Å². The SMILES string of the molecule is CC/C=C/C/C=C/C/C=C/C/C=C/C/C=C/CCCC(=O)OC[C@H](COP(=O)(O)OCCN)OC(=O)CCCCCCCCCCC/C=C/CCCCCC. The molecular weight excluding hydrogens is 713 g/mol. The topological polar surface area (TPSA) is 134 Å². The third-order valence-electron chi connectivity index (χ3n) is 8.58. The summed E-state index contributed by atoms with van der Waals surface area (Å²) in [5, 5.41) is 0. The Morgan fingerprint density at radius 1 is 0.564 bits per heavy atom. The Bertz CT molecular complexity index is 1130. The summed E-state index contributed by atoms with van der Waals surface area (Å²) in [7, 11) is -4.39. The maximum absolute atomic E-state index is 12.6. The molecule has 3 N–H and O–H groups in total. The van der Waals surface area contributed by atoms with Crippen LogP contribution >= 0.6 is 7.82 Å². The predicted molar refractivity (Wildman–Crippen MR) is 229 cm³/mol. The number of esters is 2. The van der Waals surface area contributed by atoms with E-state index in [0.717, 1.165) is 57.8 Å². The van der Waals surface area contributed by atoms with Gasteiger partial charge in [0.2, 0.25) is 0 Å². The molecule has 0 aliphatic heterocycles. The van der Waals surface area contributed by atoms with Crippen molar-refractivity contribution in [2.24, 2.45) is 5.73 Å². The smallest absolute Gasteiger partial charge is 0.462 e. The second-order valence-electron chi connectivity index (χ2n) is 13.8. The van der Waals surface area contributed by atoms with Gasteiger partial charge in [0.05, 0.1) is 13.2 Å². The number of hydrogen-bond donors (Lipinski definition) is 2. The largest absolute Gasteiger partial charge is 0.472 e. The number of nitrogens with two attached hydrogens (primary N) is 1. The van der Waals surface area contributed by atoms with Crippen molar-refractivity contribution in [1.29, 1.82) is 0 Å². The lowest BCUT2D eigenvalue weighted by Crippen LogP contribution is -2.29. The number of phosphoric ester groups is 1. The Kier molecular flexibility index (Phi) is 39.2. The van der Waals surface area contributed by atoms with Gasteiger partial charge in [0.1, 0.15) is 6.61 Å².